The van der Waals surface area contributed by atoms with Gasteiger partial charge in [-0.05, 0) is 31.1 Å². The summed E-state index contributed by atoms with van der Waals surface area (Å²) in [5.74, 6) is 1.01. The average Bonchev–Trinajstić information content (AvgIpc) is 3.36. The van der Waals surface area contributed by atoms with Crippen LogP contribution in [-0.4, -0.2) is 62.8 Å². The minimum Gasteiger partial charge on any atom is -0.486 e. The lowest BCUT2D eigenvalue weighted by molar-refractivity contribution is -0.127. The van der Waals surface area contributed by atoms with Crippen molar-refractivity contribution in [2.75, 3.05) is 36.9 Å². The molecule has 2 aliphatic rings. The van der Waals surface area contributed by atoms with Crippen molar-refractivity contribution in [3.05, 3.63) is 55.0 Å². The minimum atomic E-state index is -0.662. The van der Waals surface area contributed by atoms with Crippen molar-refractivity contribution in [1.29, 1.82) is 0 Å². The number of primary amides is 1. The number of fused-ring (bicyclic) bond motifs is 1. The number of likely N-dealkylation sites (tertiary alicyclic amines) is 1. The number of aromatic nitrogens is 4. The van der Waals surface area contributed by atoms with Crippen LogP contribution in [0, 0.1) is 0 Å². The second kappa shape index (κ2) is 9.94. The first-order valence-electron chi connectivity index (χ1n) is 11.6. The fraction of sp³-hybridized carbons (Fsp3) is 0.292. The van der Waals surface area contributed by atoms with Gasteiger partial charge in [-0.15, -0.1) is 0 Å². The van der Waals surface area contributed by atoms with Gasteiger partial charge >= 0.3 is 0 Å². The molecule has 186 valence electrons. The summed E-state index contributed by atoms with van der Waals surface area (Å²) in [4.78, 5) is 34.4. The lowest BCUT2D eigenvalue weighted by atomic mass is 10.1. The van der Waals surface area contributed by atoms with Crippen molar-refractivity contribution in [3.8, 4) is 11.5 Å². The van der Waals surface area contributed by atoms with E-state index in [0.29, 0.717) is 49.2 Å². The van der Waals surface area contributed by atoms with Gasteiger partial charge in [0, 0.05) is 37.2 Å². The molecule has 2 amide bonds. The maximum Gasteiger partial charge on any atom is 0.254 e. The first-order valence-corrected chi connectivity index (χ1v) is 11.6. The van der Waals surface area contributed by atoms with Crippen LogP contribution in [-0.2, 0) is 4.79 Å². The number of nitrogens with zero attached hydrogens (tertiary/aromatic N) is 5. The normalized spacial score (nSPS) is 16.8. The monoisotopic (exact) mass is 490 g/mol. The Bertz CT molecular complexity index is 1310. The lowest BCUT2D eigenvalue weighted by Crippen LogP contribution is -2.39. The minimum absolute atomic E-state index is 0.0591. The van der Waals surface area contributed by atoms with E-state index in [1.807, 2.05) is 10.9 Å². The smallest absolute Gasteiger partial charge is 0.254 e. The summed E-state index contributed by atoms with van der Waals surface area (Å²) in [7, 11) is 0. The van der Waals surface area contributed by atoms with Crippen molar-refractivity contribution >= 4 is 35.0 Å². The van der Waals surface area contributed by atoms with E-state index in [1.165, 1.54) is 12.3 Å². The van der Waals surface area contributed by atoms with Crippen molar-refractivity contribution in [1.82, 2.24) is 24.6 Å². The number of benzene rings is 1. The molecule has 4 heterocycles. The van der Waals surface area contributed by atoms with E-state index in [0.717, 1.165) is 12.8 Å². The SMILES string of the molecule is C=CC(=O)N1CCC[C@@H](n2cc(Nc3ncc(C(N)=O)c(Nc4ccc5c(c4)OCCO5)n3)cn2)C1. The second-order valence-electron chi connectivity index (χ2n) is 8.42. The molecule has 36 heavy (non-hydrogen) atoms. The summed E-state index contributed by atoms with van der Waals surface area (Å²) in [5, 5.41) is 10.7. The van der Waals surface area contributed by atoms with Crippen LogP contribution in [0.15, 0.2) is 49.4 Å². The number of amides is 2. The molecule has 0 aliphatic carbocycles. The van der Waals surface area contributed by atoms with E-state index in [9.17, 15) is 9.59 Å². The quantitative estimate of drug-likeness (QED) is 0.424. The van der Waals surface area contributed by atoms with Crippen molar-refractivity contribution < 1.29 is 19.1 Å². The Labute approximate surface area is 207 Å². The number of hydrogen-bond acceptors (Lipinski definition) is 9. The van der Waals surface area contributed by atoms with Gasteiger partial charge in [0.15, 0.2) is 11.5 Å². The van der Waals surface area contributed by atoms with E-state index >= 15 is 0 Å². The number of carbonyl (C=O) groups excluding carboxylic acids is 2. The lowest BCUT2D eigenvalue weighted by Gasteiger charge is -2.32. The molecule has 1 aromatic carbocycles. The molecule has 12 heteroatoms. The zero-order valence-corrected chi connectivity index (χ0v) is 19.5. The van der Waals surface area contributed by atoms with Crippen LogP contribution < -0.4 is 25.8 Å². The van der Waals surface area contributed by atoms with E-state index in [-0.39, 0.29) is 29.3 Å². The summed E-state index contributed by atoms with van der Waals surface area (Å²) in [6, 6.07) is 5.40. The first-order chi connectivity index (χ1) is 17.5. The molecule has 0 bridgehead atoms. The molecule has 3 aromatic rings. The molecule has 0 unspecified atom stereocenters. The van der Waals surface area contributed by atoms with Crippen LogP contribution in [0.1, 0.15) is 29.2 Å². The molecule has 0 radical (unpaired) electrons. The molecule has 2 aromatic heterocycles. The third kappa shape index (κ3) is 4.92. The van der Waals surface area contributed by atoms with E-state index in [1.54, 1.807) is 29.3 Å². The van der Waals surface area contributed by atoms with Gasteiger partial charge in [-0.3, -0.25) is 14.3 Å². The van der Waals surface area contributed by atoms with Crippen LogP contribution in [0.5, 0.6) is 11.5 Å². The van der Waals surface area contributed by atoms with Gasteiger partial charge in [-0.25, -0.2) is 4.98 Å². The number of rotatable bonds is 7. The van der Waals surface area contributed by atoms with Crippen molar-refractivity contribution in [2.24, 2.45) is 5.73 Å². The van der Waals surface area contributed by atoms with E-state index < -0.39 is 5.91 Å². The third-order valence-electron chi connectivity index (χ3n) is 5.97. The molecule has 0 saturated carbocycles. The molecular formula is C24H26N8O4. The molecule has 4 N–H and O–H groups in total. The fourth-order valence-electron chi connectivity index (χ4n) is 4.21. The van der Waals surface area contributed by atoms with Gasteiger partial charge in [0.2, 0.25) is 11.9 Å². The summed E-state index contributed by atoms with van der Waals surface area (Å²) < 4.78 is 13.0. The zero-order chi connectivity index (χ0) is 25.1. The predicted molar refractivity (Wildman–Crippen MR) is 132 cm³/mol. The van der Waals surface area contributed by atoms with Crippen LogP contribution in [0.25, 0.3) is 0 Å². The topological polar surface area (TPSA) is 150 Å². The Hall–Kier alpha value is -4.61. The molecule has 1 atom stereocenters. The average molecular weight is 491 g/mol. The molecule has 12 nitrogen and oxygen atoms in total. The number of piperidine rings is 1. The number of anilines is 4. The summed E-state index contributed by atoms with van der Waals surface area (Å²) in [6.07, 6.45) is 8.00. The van der Waals surface area contributed by atoms with Gasteiger partial charge in [-0.1, -0.05) is 6.58 Å². The molecule has 5 rings (SSSR count). The summed E-state index contributed by atoms with van der Waals surface area (Å²) >= 11 is 0. The Balaban J connectivity index is 1.33. The maximum absolute atomic E-state index is 12.0. The van der Waals surface area contributed by atoms with Gasteiger partial charge in [-0.2, -0.15) is 10.1 Å². The van der Waals surface area contributed by atoms with E-state index in [2.05, 4.69) is 32.3 Å². The van der Waals surface area contributed by atoms with Crippen molar-refractivity contribution in [2.45, 2.75) is 18.9 Å². The highest BCUT2D eigenvalue weighted by molar-refractivity contribution is 5.98. The van der Waals surface area contributed by atoms with Crippen molar-refractivity contribution in [3.63, 3.8) is 0 Å². The molecule has 2 aliphatic heterocycles. The predicted octanol–water partition coefficient (Wildman–Crippen LogP) is 2.38. The number of ether oxygens (including phenoxy) is 2. The Morgan fingerprint density at radius 3 is 2.78 bits per heavy atom. The van der Waals surface area contributed by atoms with Gasteiger partial charge in [0.05, 0.1) is 17.9 Å². The Morgan fingerprint density at radius 2 is 1.97 bits per heavy atom. The van der Waals surface area contributed by atoms with Crippen LogP contribution >= 0.6 is 0 Å². The van der Waals surface area contributed by atoms with Gasteiger partial charge in [0.1, 0.15) is 24.6 Å². The zero-order valence-electron chi connectivity index (χ0n) is 19.5. The Morgan fingerprint density at radius 1 is 1.14 bits per heavy atom. The van der Waals surface area contributed by atoms with Gasteiger partial charge < -0.3 is 30.7 Å². The molecule has 0 spiro atoms. The second-order valence-corrected chi connectivity index (χ2v) is 8.42. The molecule has 1 saturated heterocycles. The largest absolute Gasteiger partial charge is 0.486 e. The fourth-order valence-corrected chi connectivity index (χ4v) is 4.21. The Kier molecular flexibility index (Phi) is 6.39. The maximum atomic E-state index is 12.0. The molecular weight excluding hydrogens is 464 g/mol. The summed E-state index contributed by atoms with van der Waals surface area (Å²) in [6.45, 7) is 5.81. The van der Waals surface area contributed by atoms with E-state index in [4.69, 9.17) is 15.2 Å². The highest BCUT2D eigenvalue weighted by atomic mass is 16.6. The van der Waals surface area contributed by atoms with Crippen LogP contribution in [0.2, 0.25) is 0 Å². The highest BCUT2D eigenvalue weighted by Crippen LogP contribution is 2.34. The number of nitrogens with two attached hydrogens (primary N) is 1. The van der Waals surface area contributed by atoms with Crippen LogP contribution in [0.4, 0.5) is 23.1 Å². The standard InChI is InChI=1S/C24H26N8O4/c1-2-21(33)31-7-3-4-17(14-31)32-13-16(11-27-32)29-24-26-12-18(22(25)34)23(30-24)28-15-5-6-19-20(10-15)36-9-8-35-19/h2,5-6,10-13,17H,1,3-4,7-9,14H2,(H2,25,34)(H2,26,28,29,30)/t17-/m1/s1. The van der Waals surface area contributed by atoms with Gasteiger partial charge in [0.25, 0.3) is 5.91 Å². The summed E-state index contributed by atoms with van der Waals surface area (Å²) in [5.41, 5.74) is 6.99. The number of carbonyl (C=O) groups is 2. The molecule has 1 fully saturated rings. The first kappa shape index (κ1) is 23.1. The number of nitrogens with one attached hydrogen (secondary N) is 2. The number of hydrogen-bond donors (Lipinski definition) is 3. The van der Waals surface area contributed by atoms with Crippen LogP contribution in [0.3, 0.4) is 0 Å². The highest BCUT2D eigenvalue weighted by Gasteiger charge is 2.24. The third-order valence-corrected chi connectivity index (χ3v) is 5.97.